The summed E-state index contributed by atoms with van der Waals surface area (Å²) in [7, 11) is 2.90. The lowest BCUT2D eigenvalue weighted by molar-refractivity contribution is -0.142. The Morgan fingerprint density at radius 2 is 1.94 bits per heavy atom. The van der Waals surface area contributed by atoms with Crippen molar-refractivity contribution in [1.29, 1.82) is 0 Å². The van der Waals surface area contributed by atoms with Crippen molar-refractivity contribution in [2.75, 3.05) is 58.7 Å². The van der Waals surface area contributed by atoms with Gasteiger partial charge in [0.2, 0.25) is 0 Å². The highest BCUT2D eigenvalue weighted by Gasteiger charge is 2.57. The van der Waals surface area contributed by atoms with Crippen LogP contribution in [0.15, 0.2) is 30.5 Å². The van der Waals surface area contributed by atoms with Crippen LogP contribution in [0, 0.1) is 29.4 Å². The third kappa shape index (κ3) is 5.49. The first kappa shape index (κ1) is 32.9. The first-order valence-electron chi connectivity index (χ1n) is 17.3. The third-order valence-electron chi connectivity index (χ3n) is 11.2. The van der Waals surface area contributed by atoms with Gasteiger partial charge in [0.05, 0.1) is 24.0 Å². The molecule has 5 heterocycles. The topological polar surface area (TPSA) is 99.1 Å². The van der Waals surface area contributed by atoms with Crippen molar-refractivity contribution < 1.29 is 36.9 Å². The maximum Gasteiger partial charge on any atom is 0.319 e. The molecule has 0 unspecified atom stereocenters. The van der Waals surface area contributed by atoms with E-state index in [0.29, 0.717) is 71.3 Å². The van der Waals surface area contributed by atoms with Gasteiger partial charge in [-0.05, 0) is 78.6 Å². The summed E-state index contributed by atoms with van der Waals surface area (Å²) in [6.07, 6.45) is 3.85. The van der Waals surface area contributed by atoms with Gasteiger partial charge in [0.1, 0.15) is 41.4 Å². The first-order chi connectivity index (χ1) is 24.2. The highest BCUT2D eigenvalue weighted by atomic mass is 19.1. The van der Waals surface area contributed by atoms with E-state index in [-0.39, 0.29) is 54.3 Å². The number of pyridine rings is 1. The molecule has 1 aliphatic carbocycles. The molecule has 4 aliphatic rings. The summed E-state index contributed by atoms with van der Waals surface area (Å²) in [6, 6.07) is 6.42. The quantitative estimate of drug-likeness (QED) is 0.148. The largest absolute Gasteiger partial charge is 0.469 e. The Balaban J connectivity index is 1.25. The Morgan fingerprint density at radius 1 is 1.08 bits per heavy atom. The number of carbonyl (C=O) groups is 1. The number of carbonyl (C=O) groups excluding carboxylic acids is 1. The lowest BCUT2D eigenvalue weighted by Crippen LogP contribution is -2.43. The average molecular weight is 692 g/mol. The van der Waals surface area contributed by atoms with Gasteiger partial charge in [0, 0.05) is 44.9 Å². The molecule has 0 amide bonds. The van der Waals surface area contributed by atoms with Crippen LogP contribution in [0.25, 0.3) is 32.9 Å². The van der Waals surface area contributed by atoms with Gasteiger partial charge in [-0.2, -0.15) is 9.97 Å². The number of aromatic nitrogens is 3. The summed E-state index contributed by atoms with van der Waals surface area (Å²) in [5.41, 5.74) is 0.304. The monoisotopic (exact) mass is 691 g/mol. The Morgan fingerprint density at radius 3 is 2.74 bits per heavy atom. The Labute approximate surface area is 287 Å². The van der Waals surface area contributed by atoms with Gasteiger partial charge < -0.3 is 23.8 Å². The number of methoxy groups -OCH3 is 2. The number of fused-ring (bicyclic) bond motifs is 4. The molecule has 2 aromatic carbocycles. The van der Waals surface area contributed by atoms with Crippen LogP contribution in [0.2, 0.25) is 0 Å². The summed E-state index contributed by atoms with van der Waals surface area (Å²) in [5, 5.41) is 1.58. The Bertz CT molecular complexity index is 1980. The third-order valence-corrected chi connectivity index (χ3v) is 11.2. The minimum atomic E-state index is -0.933. The SMILES string of the molecule is CCc1c(F)ccc2cc(OCOC)cc(-c3ncc4c(N5CC[C@@H]6[C@H](C5)[C@@H]6C(=O)OC)nc(OC[C@@]56CCCN5C[C@H](F)C6)nc4c3F)c12. The molecule has 264 valence electrons. The van der Waals surface area contributed by atoms with E-state index in [2.05, 4.69) is 14.9 Å². The standard InChI is InChI=1S/C37H40F3N5O5/c1-4-23-28(39)7-6-20-12-22(50-19-47-2)13-25(29(20)23)32-31(40)33-26(15-41-32)34(44-11-8-24-27(17-44)30(24)35(46)48-3)43-36(42-33)49-18-37-9-5-10-45(37)16-21(38)14-37/h6-7,12-13,15,21,24,27,30H,4-5,8-11,14,16-19H2,1-3H3/t21-,24-,27+,30-,37+/m1/s1. The van der Waals surface area contributed by atoms with Crippen LogP contribution in [-0.4, -0.2) is 91.3 Å². The van der Waals surface area contributed by atoms with Crippen molar-refractivity contribution in [3.8, 4) is 23.0 Å². The molecule has 3 aliphatic heterocycles. The van der Waals surface area contributed by atoms with Crippen molar-refractivity contribution in [2.24, 2.45) is 17.8 Å². The van der Waals surface area contributed by atoms with Gasteiger partial charge in [-0.25, -0.2) is 13.2 Å². The normalized spacial score (nSPS) is 25.9. The molecule has 13 heteroatoms. The number of hydrogen-bond donors (Lipinski definition) is 0. The molecule has 4 fully saturated rings. The average Bonchev–Trinajstić information content (AvgIpc) is 3.59. The fraction of sp³-hybridized carbons (Fsp3) is 0.514. The summed E-state index contributed by atoms with van der Waals surface area (Å²) in [4.78, 5) is 30.7. The van der Waals surface area contributed by atoms with Crippen LogP contribution in [0.1, 0.15) is 38.2 Å². The number of benzene rings is 2. The van der Waals surface area contributed by atoms with E-state index in [1.54, 1.807) is 24.4 Å². The maximum atomic E-state index is 17.1. The van der Waals surface area contributed by atoms with E-state index in [0.717, 1.165) is 25.8 Å². The molecule has 10 nitrogen and oxygen atoms in total. The molecule has 5 atom stereocenters. The number of aryl methyl sites for hydroxylation is 1. The van der Waals surface area contributed by atoms with Gasteiger partial charge in [-0.3, -0.25) is 14.7 Å². The number of nitrogens with zero attached hydrogens (tertiary/aromatic N) is 5. The van der Waals surface area contributed by atoms with Gasteiger partial charge >= 0.3 is 12.0 Å². The van der Waals surface area contributed by atoms with Gasteiger partial charge in [0.25, 0.3) is 0 Å². The van der Waals surface area contributed by atoms with Crippen molar-refractivity contribution in [3.63, 3.8) is 0 Å². The molecule has 8 rings (SSSR count). The zero-order valence-corrected chi connectivity index (χ0v) is 28.4. The number of halogens is 3. The van der Waals surface area contributed by atoms with E-state index >= 15 is 8.78 Å². The number of hydrogen-bond acceptors (Lipinski definition) is 10. The second-order valence-corrected chi connectivity index (χ2v) is 14.0. The zero-order chi connectivity index (χ0) is 34.7. The fourth-order valence-corrected chi connectivity index (χ4v) is 8.81. The van der Waals surface area contributed by atoms with Crippen LogP contribution in [0.4, 0.5) is 19.0 Å². The number of anilines is 1. The van der Waals surface area contributed by atoms with Crippen LogP contribution in [-0.2, 0) is 20.7 Å². The number of ether oxygens (including phenoxy) is 4. The molecule has 0 N–H and O–H groups in total. The maximum absolute atomic E-state index is 17.1. The predicted octanol–water partition coefficient (Wildman–Crippen LogP) is 5.87. The van der Waals surface area contributed by atoms with Crippen molar-refractivity contribution in [3.05, 3.63) is 47.7 Å². The van der Waals surface area contributed by atoms with Crippen LogP contribution < -0.4 is 14.4 Å². The second-order valence-electron chi connectivity index (χ2n) is 14.0. The van der Waals surface area contributed by atoms with E-state index in [1.807, 2.05) is 11.8 Å². The lowest BCUT2D eigenvalue weighted by Gasteiger charge is -2.31. The van der Waals surface area contributed by atoms with Crippen molar-refractivity contribution in [1.82, 2.24) is 19.9 Å². The summed E-state index contributed by atoms with van der Waals surface area (Å²) >= 11 is 0. The number of esters is 1. The molecule has 3 saturated heterocycles. The molecule has 0 radical (unpaired) electrons. The molecule has 1 saturated carbocycles. The molecular formula is C37H40F3N5O5. The molecule has 0 bridgehead atoms. The molecule has 50 heavy (non-hydrogen) atoms. The first-order valence-corrected chi connectivity index (χ1v) is 17.3. The summed E-state index contributed by atoms with van der Waals surface area (Å²) in [6.45, 7) is 4.28. The molecular weight excluding hydrogens is 651 g/mol. The Kier molecular flexibility index (Phi) is 8.45. The zero-order valence-electron chi connectivity index (χ0n) is 28.4. The van der Waals surface area contributed by atoms with Gasteiger partial charge in [-0.1, -0.05) is 13.0 Å². The minimum absolute atomic E-state index is 0.00109. The van der Waals surface area contributed by atoms with E-state index in [9.17, 15) is 9.18 Å². The second kappa shape index (κ2) is 12.8. The van der Waals surface area contributed by atoms with Crippen LogP contribution >= 0.6 is 0 Å². The smallest absolute Gasteiger partial charge is 0.319 e. The number of rotatable bonds is 10. The number of alkyl halides is 1. The molecule has 2 aromatic heterocycles. The minimum Gasteiger partial charge on any atom is -0.469 e. The van der Waals surface area contributed by atoms with E-state index in [4.69, 9.17) is 23.9 Å². The summed E-state index contributed by atoms with van der Waals surface area (Å²) < 4.78 is 69.1. The van der Waals surface area contributed by atoms with Crippen molar-refractivity contribution >= 4 is 33.5 Å². The fourth-order valence-electron chi connectivity index (χ4n) is 8.81. The van der Waals surface area contributed by atoms with Gasteiger partial charge in [0.15, 0.2) is 12.6 Å². The van der Waals surface area contributed by atoms with Crippen molar-refractivity contribution in [2.45, 2.75) is 50.7 Å². The van der Waals surface area contributed by atoms with E-state index in [1.165, 1.54) is 20.3 Å². The summed E-state index contributed by atoms with van der Waals surface area (Å²) in [5.74, 6) is -0.310. The highest BCUT2D eigenvalue weighted by molar-refractivity contribution is 6.02. The van der Waals surface area contributed by atoms with Gasteiger partial charge in [-0.15, -0.1) is 0 Å². The highest BCUT2D eigenvalue weighted by Crippen LogP contribution is 2.53. The lowest BCUT2D eigenvalue weighted by atomic mass is 9.94. The van der Waals surface area contributed by atoms with Crippen LogP contribution in [0.3, 0.4) is 0 Å². The number of piperidine rings is 1. The van der Waals surface area contributed by atoms with Crippen LogP contribution in [0.5, 0.6) is 11.8 Å². The molecule has 4 aromatic rings. The Hall–Kier alpha value is -4.23. The predicted molar refractivity (Wildman–Crippen MR) is 180 cm³/mol. The molecule has 0 spiro atoms. The van der Waals surface area contributed by atoms with E-state index < -0.39 is 23.3 Å².